The third-order valence-electron chi connectivity index (χ3n) is 2.15. The van der Waals surface area contributed by atoms with E-state index in [-0.39, 0.29) is 11.8 Å². The standard InChI is InChI=1S/C9H13NO2/c1-6-5-9(2,3)8(12)10(4)7(6)11/h1,5H2,2-4H3. The van der Waals surface area contributed by atoms with Gasteiger partial charge in [0, 0.05) is 18.0 Å². The zero-order valence-electron chi connectivity index (χ0n) is 7.68. The number of nitrogens with zero attached hydrogens (tertiary/aromatic N) is 1. The van der Waals surface area contributed by atoms with Crippen LogP contribution in [-0.4, -0.2) is 23.8 Å². The maximum Gasteiger partial charge on any atom is 0.255 e. The Morgan fingerprint density at radius 3 is 2.42 bits per heavy atom. The average molecular weight is 167 g/mol. The molecule has 2 amide bonds. The first kappa shape index (κ1) is 8.97. The first-order chi connectivity index (χ1) is 5.36. The number of likely N-dealkylation sites (N-methyl/N-ethyl adjacent to an activating group) is 1. The molecule has 1 rings (SSSR count). The van der Waals surface area contributed by atoms with Crippen molar-refractivity contribution in [2.45, 2.75) is 20.3 Å². The van der Waals surface area contributed by atoms with Crippen LogP contribution in [0.15, 0.2) is 12.2 Å². The Kier molecular flexibility index (Phi) is 1.82. The topological polar surface area (TPSA) is 37.4 Å². The molecule has 66 valence electrons. The molecule has 0 N–H and O–H groups in total. The molecule has 1 saturated heterocycles. The van der Waals surface area contributed by atoms with E-state index in [1.54, 1.807) is 0 Å². The summed E-state index contributed by atoms with van der Waals surface area (Å²) in [5.41, 5.74) is 0.0434. The van der Waals surface area contributed by atoms with Gasteiger partial charge < -0.3 is 0 Å². The molecule has 0 spiro atoms. The van der Waals surface area contributed by atoms with Crippen molar-refractivity contribution in [3.63, 3.8) is 0 Å². The molecule has 0 radical (unpaired) electrons. The van der Waals surface area contributed by atoms with Crippen molar-refractivity contribution in [3.8, 4) is 0 Å². The Bertz CT molecular complexity index is 266. The molecule has 0 unspecified atom stereocenters. The highest BCUT2D eigenvalue weighted by Crippen LogP contribution is 2.32. The Morgan fingerprint density at radius 2 is 1.92 bits per heavy atom. The second-order valence-corrected chi connectivity index (χ2v) is 3.83. The summed E-state index contributed by atoms with van der Waals surface area (Å²) >= 11 is 0. The normalized spacial score (nSPS) is 23.2. The van der Waals surface area contributed by atoms with Gasteiger partial charge in [-0.1, -0.05) is 20.4 Å². The van der Waals surface area contributed by atoms with Gasteiger partial charge in [-0.3, -0.25) is 14.5 Å². The van der Waals surface area contributed by atoms with Crippen molar-refractivity contribution < 1.29 is 9.59 Å². The molecule has 0 atom stereocenters. The van der Waals surface area contributed by atoms with Crippen LogP contribution >= 0.6 is 0 Å². The van der Waals surface area contributed by atoms with Gasteiger partial charge in [-0.05, 0) is 6.42 Å². The molecular weight excluding hydrogens is 154 g/mol. The number of carbonyl (C=O) groups is 2. The van der Waals surface area contributed by atoms with Crippen LogP contribution in [0.25, 0.3) is 0 Å². The number of amides is 2. The minimum Gasteiger partial charge on any atom is -0.281 e. The van der Waals surface area contributed by atoms with Crippen LogP contribution in [0.1, 0.15) is 20.3 Å². The lowest BCUT2D eigenvalue weighted by Gasteiger charge is -2.34. The molecule has 0 aromatic carbocycles. The molecule has 3 nitrogen and oxygen atoms in total. The Balaban J connectivity index is 3.01. The number of imide groups is 1. The maximum absolute atomic E-state index is 11.5. The zero-order valence-corrected chi connectivity index (χ0v) is 7.68. The lowest BCUT2D eigenvalue weighted by molar-refractivity contribution is -0.150. The quantitative estimate of drug-likeness (QED) is 0.398. The van der Waals surface area contributed by atoms with Crippen molar-refractivity contribution in [2.75, 3.05) is 7.05 Å². The summed E-state index contributed by atoms with van der Waals surface area (Å²) in [6.45, 7) is 7.28. The van der Waals surface area contributed by atoms with Crippen LogP contribution in [0.4, 0.5) is 0 Å². The SMILES string of the molecule is C=C1CC(C)(C)C(=O)N(C)C1=O. The summed E-state index contributed by atoms with van der Waals surface area (Å²) in [5, 5.41) is 0. The number of likely N-dealkylation sites (tertiary alicyclic amines) is 1. The molecule has 1 heterocycles. The highest BCUT2D eigenvalue weighted by Gasteiger charge is 2.40. The van der Waals surface area contributed by atoms with Crippen molar-refractivity contribution >= 4 is 11.8 Å². The second-order valence-electron chi connectivity index (χ2n) is 3.83. The molecule has 12 heavy (non-hydrogen) atoms. The predicted molar refractivity (Wildman–Crippen MR) is 45.3 cm³/mol. The lowest BCUT2D eigenvalue weighted by Crippen LogP contribution is -2.47. The summed E-state index contributed by atoms with van der Waals surface area (Å²) < 4.78 is 0. The van der Waals surface area contributed by atoms with Gasteiger partial charge in [0.15, 0.2) is 0 Å². The van der Waals surface area contributed by atoms with Crippen LogP contribution in [0.3, 0.4) is 0 Å². The maximum atomic E-state index is 11.5. The fourth-order valence-electron chi connectivity index (χ4n) is 1.47. The molecule has 0 aromatic rings. The number of hydrogen-bond donors (Lipinski definition) is 0. The average Bonchev–Trinajstić information content (AvgIpc) is 1.97. The third-order valence-corrected chi connectivity index (χ3v) is 2.15. The highest BCUT2D eigenvalue weighted by molar-refractivity contribution is 6.08. The Labute approximate surface area is 72.0 Å². The zero-order chi connectivity index (χ0) is 9.52. The smallest absolute Gasteiger partial charge is 0.255 e. The van der Waals surface area contributed by atoms with E-state index in [0.717, 1.165) is 4.90 Å². The monoisotopic (exact) mass is 167 g/mol. The molecule has 0 saturated carbocycles. The van der Waals surface area contributed by atoms with Gasteiger partial charge in [0.25, 0.3) is 5.91 Å². The number of carbonyl (C=O) groups excluding carboxylic acids is 2. The van der Waals surface area contributed by atoms with Crippen molar-refractivity contribution in [1.82, 2.24) is 4.90 Å². The molecular formula is C9H13NO2. The summed E-state index contributed by atoms with van der Waals surface area (Å²) in [6.07, 6.45) is 0.467. The first-order valence-corrected chi connectivity index (χ1v) is 3.86. The van der Waals surface area contributed by atoms with Gasteiger partial charge >= 0.3 is 0 Å². The molecule has 0 aliphatic carbocycles. The van der Waals surface area contributed by atoms with Gasteiger partial charge in [-0.2, -0.15) is 0 Å². The van der Waals surface area contributed by atoms with Crippen LogP contribution < -0.4 is 0 Å². The van der Waals surface area contributed by atoms with E-state index in [1.807, 2.05) is 13.8 Å². The number of rotatable bonds is 0. The van der Waals surface area contributed by atoms with Crippen LogP contribution in [0.5, 0.6) is 0 Å². The molecule has 0 bridgehead atoms. The van der Waals surface area contributed by atoms with Gasteiger partial charge in [0.1, 0.15) is 0 Å². The van der Waals surface area contributed by atoms with E-state index >= 15 is 0 Å². The van der Waals surface area contributed by atoms with E-state index in [0.29, 0.717) is 12.0 Å². The molecule has 1 aliphatic rings. The van der Waals surface area contributed by atoms with Crippen molar-refractivity contribution in [2.24, 2.45) is 5.41 Å². The minimum absolute atomic E-state index is 0.125. The largest absolute Gasteiger partial charge is 0.281 e. The van der Waals surface area contributed by atoms with Gasteiger partial charge in [0.05, 0.1) is 0 Å². The van der Waals surface area contributed by atoms with Crippen LogP contribution in [0.2, 0.25) is 0 Å². The van der Waals surface area contributed by atoms with Crippen LogP contribution in [-0.2, 0) is 9.59 Å². The fraction of sp³-hybridized carbons (Fsp3) is 0.556. The minimum atomic E-state index is -0.472. The van der Waals surface area contributed by atoms with Crippen LogP contribution in [0, 0.1) is 5.41 Å². The highest BCUT2D eigenvalue weighted by atomic mass is 16.2. The predicted octanol–water partition coefficient (Wildman–Crippen LogP) is 0.958. The van der Waals surface area contributed by atoms with Gasteiger partial charge in [-0.25, -0.2) is 0 Å². The first-order valence-electron chi connectivity index (χ1n) is 3.86. The van der Waals surface area contributed by atoms with E-state index in [4.69, 9.17) is 0 Å². The van der Waals surface area contributed by atoms with E-state index in [2.05, 4.69) is 6.58 Å². The third kappa shape index (κ3) is 1.15. The summed E-state index contributed by atoms with van der Waals surface area (Å²) in [7, 11) is 1.50. The molecule has 1 fully saturated rings. The van der Waals surface area contributed by atoms with E-state index in [1.165, 1.54) is 7.05 Å². The molecule has 0 aromatic heterocycles. The second kappa shape index (κ2) is 2.44. The Hall–Kier alpha value is -1.12. The number of piperidine rings is 1. The number of hydrogen-bond acceptors (Lipinski definition) is 2. The molecule has 1 aliphatic heterocycles. The van der Waals surface area contributed by atoms with Crippen molar-refractivity contribution in [3.05, 3.63) is 12.2 Å². The molecule has 3 heteroatoms. The van der Waals surface area contributed by atoms with E-state index in [9.17, 15) is 9.59 Å². The van der Waals surface area contributed by atoms with Gasteiger partial charge in [0.2, 0.25) is 5.91 Å². The van der Waals surface area contributed by atoms with E-state index < -0.39 is 5.41 Å². The summed E-state index contributed by atoms with van der Waals surface area (Å²) in [4.78, 5) is 23.8. The fourth-order valence-corrected chi connectivity index (χ4v) is 1.47. The summed E-state index contributed by atoms with van der Waals surface area (Å²) in [6, 6.07) is 0. The van der Waals surface area contributed by atoms with Gasteiger partial charge in [-0.15, -0.1) is 0 Å². The van der Waals surface area contributed by atoms with Crippen molar-refractivity contribution in [1.29, 1.82) is 0 Å². The Morgan fingerprint density at radius 1 is 1.42 bits per heavy atom. The lowest BCUT2D eigenvalue weighted by atomic mass is 9.81. The summed E-state index contributed by atoms with van der Waals surface area (Å²) in [5.74, 6) is -0.376.